The summed E-state index contributed by atoms with van der Waals surface area (Å²) in [7, 11) is 0. The number of hydrogen-bond donors (Lipinski definition) is 0. The lowest BCUT2D eigenvalue weighted by Gasteiger charge is -2.38. The van der Waals surface area contributed by atoms with Crippen molar-refractivity contribution in [2.45, 2.75) is 85.1 Å². The first-order valence-electron chi connectivity index (χ1n) is 12.5. The van der Waals surface area contributed by atoms with Gasteiger partial charge in [-0.05, 0) is 63.3 Å². The molecule has 2 atom stereocenters. The molecule has 0 aliphatic carbocycles. The van der Waals surface area contributed by atoms with Crippen molar-refractivity contribution < 1.29 is 0 Å². The van der Waals surface area contributed by atoms with Crippen LogP contribution in [0, 0.1) is 13.8 Å². The molecule has 2 unspecified atom stereocenters. The Hall–Kier alpha value is -2.29. The number of unbranched alkanes of at least 4 members (excludes halogenated alkanes) is 1. The Labute approximate surface area is 196 Å². The van der Waals surface area contributed by atoms with Gasteiger partial charge in [0.05, 0.1) is 0 Å². The summed E-state index contributed by atoms with van der Waals surface area (Å²) in [5.74, 6) is 0. The molecule has 0 saturated carbocycles. The van der Waals surface area contributed by atoms with Crippen LogP contribution in [0.4, 0.5) is 5.69 Å². The van der Waals surface area contributed by atoms with Crippen LogP contribution in [0.15, 0.2) is 48.8 Å². The summed E-state index contributed by atoms with van der Waals surface area (Å²) >= 11 is 0. The smallest absolute Gasteiger partial charge is 0.0408 e. The molecule has 0 radical (unpaired) electrons. The first-order chi connectivity index (χ1) is 15.3. The zero-order chi connectivity index (χ0) is 23.3. The molecule has 0 N–H and O–H groups in total. The SMILES string of the molecule is C=C(C)N1CCCC2N(CCc3ccc(C)nc3)c3ccc(C)cc3C2(C)C1.CCCC. The summed E-state index contributed by atoms with van der Waals surface area (Å²) < 4.78 is 0. The van der Waals surface area contributed by atoms with E-state index in [2.05, 4.69) is 86.3 Å². The average Bonchev–Trinajstić information content (AvgIpc) is 2.89. The highest BCUT2D eigenvalue weighted by atomic mass is 15.2. The lowest BCUT2D eigenvalue weighted by atomic mass is 9.76. The Morgan fingerprint density at radius 2 is 1.91 bits per heavy atom. The van der Waals surface area contributed by atoms with Crippen LogP contribution >= 0.6 is 0 Å². The molecule has 2 aliphatic rings. The van der Waals surface area contributed by atoms with E-state index in [-0.39, 0.29) is 5.41 Å². The number of allylic oxidation sites excluding steroid dienone is 1. The molecule has 32 heavy (non-hydrogen) atoms. The highest BCUT2D eigenvalue weighted by Gasteiger charge is 2.49. The molecule has 2 aromatic rings. The van der Waals surface area contributed by atoms with Crippen LogP contribution in [0.2, 0.25) is 0 Å². The standard InChI is InChI=1S/C25H33N3.C4H10/c1-18(2)27-13-6-7-24-25(5,17-27)22-15-19(3)8-11-23(22)28(24)14-12-21-10-9-20(4)26-16-21;1-3-4-2/h8-11,15-16,24H,1,6-7,12-14,17H2,2-5H3;3-4H2,1-2H3. The van der Waals surface area contributed by atoms with Crippen LogP contribution in [0.3, 0.4) is 0 Å². The number of fused-ring (bicyclic) bond motifs is 3. The molecule has 1 fully saturated rings. The second-order valence-electron chi connectivity index (χ2n) is 10.0. The van der Waals surface area contributed by atoms with E-state index in [0.29, 0.717) is 6.04 Å². The third-order valence-electron chi connectivity index (χ3n) is 7.27. The van der Waals surface area contributed by atoms with Gasteiger partial charge in [0.2, 0.25) is 0 Å². The molecule has 1 aromatic carbocycles. The minimum absolute atomic E-state index is 0.141. The fourth-order valence-corrected chi connectivity index (χ4v) is 5.16. The van der Waals surface area contributed by atoms with Crippen LogP contribution in [0.25, 0.3) is 0 Å². The van der Waals surface area contributed by atoms with Crippen molar-refractivity contribution >= 4 is 5.69 Å². The van der Waals surface area contributed by atoms with Gasteiger partial charge in [0, 0.05) is 54.4 Å². The molecular weight excluding hydrogens is 390 g/mol. The largest absolute Gasteiger partial charge is 0.375 e. The third kappa shape index (κ3) is 5.19. The Morgan fingerprint density at radius 1 is 1.16 bits per heavy atom. The molecule has 1 aromatic heterocycles. The van der Waals surface area contributed by atoms with Crippen molar-refractivity contribution in [2.24, 2.45) is 0 Å². The van der Waals surface area contributed by atoms with Crippen molar-refractivity contribution in [2.75, 3.05) is 24.5 Å². The van der Waals surface area contributed by atoms with Crippen LogP contribution < -0.4 is 4.90 Å². The number of hydrogen-bond acceptors (Lipinski definition) is 3. The Morgan fingerprint density at radius 3 is 2.53 bits per heavy atom. The summed E-state index contributed by atoms with van der Waals surface area (Å²) in [5.41, 5.74) is 8.05. The van der Waals surface area contributed by atoms with Gasteiger partial charge < -0.3 is 9.80 Å². The number of pyridine rings is 1. The third-order valence-corrected chi connectivity index (χ3v) is 7.27. The molecule has 3 heteroatoms. The summed E-state index contributed by atoms with van der Waals surface area (Å²) in [4.78, 5) is 9.68. The molecule has 0 bridgehead atoms. The Balaban J connectivity index is 0.000000668. The predicted molar refractivity (Wildman–Crippen MR) is 139 cm³/mol. The Kier molecular flexibility index (Phi) is 8.03. The predicted octanol–water partition coefficient (Wildman–Crippen LogP) is 6.82. The van der Waals surface area contributed by atoms with Gasteiger partial charge in [-0.3, -0.25) is 4.98 Å². The van der Waals surface area contributed by atoms with Crippen molar-refractivity contribution in [3.8, 4) is 0 Å². The van der Waals surface area contributed by atoms with E-state index in [1.54, 1.807) is 0 Å². The van der Waals surface area contributed by atoms with Crippen molar-refractivity contribution in [3.05, 3.63) is 71.2 Å². The number of nitrogens with zero attached hydrogens (tertiary/aromatic N) is 3. The van der Waals surface area contributed by atoms with Crippen LogP contribution in [-0.4, -0.2) is 35.6 Å². The summed E-state index contributed by atoms with van der Waals surface area (Å²) in [6.07, 6.45) is 8.18. The fourth-order valence-electron chi connectivity index (χ4n) is 5.16. The molecule has 4 rings (SSSR count). The van der Waals surface area contributed by atoms with Gasteiger partial charge in [0.15, 0.2) is 0 Å². The minimum Gasteiger partial charge on any atom is -0.375 e. The van der Waals surface area contributed by atoms with E-state index in [4.69, 9.17) is 0 Å². The van der Waals surface area contributed by atoms with Crippen LogP contribution in [-0.2, 0) is 11.8 Å². The topological polar surface area (TPSA) is 19.4 Å². The van der Waals surface area contributed by atoms with Crippen molar-refractivity contribution in [1.29, 1.82) is 0 Å². The van der Waals surface area contributed by atoms with Crippen LogP contribution in [0.5, 0.6) is 0 Å². The lowest BCUT2D eigenvalue weighted by Crippen LogP contribution is -2.47. The number of aromatic nitrogens is 1. The molecule has 0 spiro atoms. The van der Waals surface area contributed by atoms with E-state index in [0.717, 1.165) is 31.7 Å². The molecule has 174 valence electrons. The Bertz CT molecular complexity index is 899. The van der Waals surface area contributed by atoms with Gasteiger partial charge >= 0.3 is 0 Å². The van der Waals surface area contributed by atoms with Gasteiger partial charge in [0.25, 0.3) is 0 Å². The number of likely N-dealkylation sites (tertiary alicyclic amines) is 1. The maximum absolute atomic E-state index is 4.48. The van der Waals surface area contributed by atoms with E-state index < -0.39 is 0 Å². The van der Waals surface area contributed by atoms with E-state index in [9.17, 15) is 0 Å². The van der Waals surface area contributed by atoms with Gasteiger partial charge in [-0.15, -0.1) is 0 Å². The highest BCUT2D eigenvalue weighted by molar-refractivity contribution is 5.65. The van der Waals surface area contributed by atoms with Crippen molar-refractivity contribution in [3.63, 3.8) is 0 Å². The van der Waals surface area contributed by atoms with Gasteiger partial charge in [0.1, 0.15) is 0 Å². The second kappa shape index (κ2) is 10.6. The minimum atomic E-state index is 0.141. The number of aryl methyl sites for hydroxylation is 2. The monoisotopic (exact) mass is 433 g/mol. The van der Waals surface area contributed by atoms with Crippen molar-refractivity contribution in [1.82, 2.24) is 9.88 Å². The quantitative estimate of drug-likeness (QED) is 0.515. The summed E-state index contributed by atoms with van der Waals surface area (Å²) in [6.45, 7) is 20.7. The molecular formula is C29H43N3. The maximum Gasteiger partial charge on any atom is 0.0408 e. The molecule has 3 heterocycles. The average molecular weight is 434 g/mol. The summed E-state index contributed by atoms with van der Waals surface area (Å²) in [6, 6.07) is 11.9. The van der Waals surface area contributed by atoms with Gasteiger partial charge in [-0.1, -0.05) is 64.0 Å². The van der Waals surface area contributed by atoms with E-state index in [1.165, 1.54) is 53.8 Å². The van der Waals surface area contributed by atoms with Gasteiger partial charge in [-0.2, -0.15) is 0 Å². The number of anilines is 1. The number of benzene rings is 1. The van der Waals surface area contributed by atoms with Crippen LogP contribution in [0.1, 0.15) is 75.8 Å². The fraction of sp³-hybridized carbons (Fsp3) is 0.552. The molecule has 1 saturated heterocycles. The maximum atomic E-state index is 4.48. The highest BCUT2D eigenvalue weighted by Crippen LogP contribution is 2.49. The zero-order valence-electron chi connectivity index (χ0n) is 21.2. The van der Waals surface area contributed by atoms with E-state index >= 15 is 0 Å². The first kappa shape index (κ1) is 24.4. The molecule has 2 aliphatic heterocycles. The molecule has 3 nitrogen and oxygen atoms in total. The van der Waals surface area contributed by atoms with E-state index in [1.807, 2.05) is 13.1 Å². The zero-order valence-corrected chi connectivity index (χ0v) is 21.2. The first-order valence-corrected chi connectivity index (χ1v) is 12.5. The van der Waals surface area contributed by atoms with Gasteiger partial charge in [-0.25, -0.2) is 0 Å². The number of rotatable bonds is 5. The summed E-state index contributed by atoms with van der Waals surface area (Å²) in [5, 5.41) is 0. The molecule has 0 amide bonds. The normalized spacial score (nSPS) is 21.9. The second-order valence-corrected chi connectivity index (χ2v) is 10.0. The lowest BCUT2D eigenvalue weighted by molar-refractivity contribution is 0.276.